The molecule has 0 aromatic heterocycles. The molecule has 1 aliphatic heterocycles. The van der Waals surface area contributed by atoms with Crippen LogP contribution in [0.5, 0.6) is 0 Å². The number of piperidine rings is 1. The van der Waals surface area contributed by atoms with Gasteiger partial charge in [0.05, 0.1) is 18.5 Å². The molecule has 2 N–H and O–H groups in total. The second-order valence-corrected chi connectivity index (χ2v) is 9.51. The average molecular weight is 556 g/mol. The smallest absolute Gasteiger partial charge is 0.191 e. The van der Waals surface area contributed by atoms with Gasteiger partial charge < -0.3 is 20.3 Å². The Bertz CT molecular complexity index is 769. The summed E-state index contributed by atoms with van der Waals surface area (Å²) in [5, 5.41) is 6.37. The van der Waals surface area contributed by atoms with E-state index in [-0.39, 0.29) is 53.3 Å². The van der Waals surface area contributed by atoms with E-state index in [1.54, 1.807) is 7.05 Å². The van der Waals surface area contributed by atoms with Crippen molar-refractivity contribution in [3.05, 3.63) is 30.1 Å². The van der Waals surface area contributed by atoms with Gasteiger partial charge in [0.2, 0.25) is 0 Å². The molecule has 0 spiro atoms. The lowest BCUT2D eigenvalue weighted by Crippen LogP contribution is -2.49. The third-order valence-corrected chi connectivity index (χ3v) is 6.59. The second kappa shape index (κ2) is 13.4. The molecule has 0 saturated carbocycles. The molecule has 1 saturated heterocycles. The van der Waals surface area contributed by atoms with Crippen LogP contribution in [0.15, 0.2) is 34.2 Å². The van der Waals surface area contributed by atoms with Gasteiger partial charge in [-0.05, 0) is 38.8 Å². The number of likely N-dealkylation sites (tertiary alicyclic amines) is 1. The molecule has 1 heterocycles. The number of aliphatic imine (C=N–C) groups is 1. The molecule has 0 radical (unpaired) electrons. The highest BCUT2D eigenvalue weighted by Crippen LogP contribution is 2.15. The quantitative estimate of drug-likeness (QED) is 0.276. The zero-order chi connectivity index (χ0) is 21.3. The van der Waals surface area contributed by atoms with Crippen LogP contribution in [-0.2, 0) is 14.6 Å². The highest BCUT2D eigenvalue weighted by atomic mass is 127. The van der Waals surface area contributed by atoms with Crippen LogP contribution in [0.25, 0.3) is 0 Å². The Morgan fingerprint density at radius 2 is 1.97 bits per heavy atom. The Morgan fingerprint density at radius 1 is 1.30 bits per heavy atom. The van der Waals surface area contributed by atoms with Crippen molar-refractivity contribution in [3.8, 4) is 0 Å². The van der Waals surface area contributed by atoms with Crippen LogP contribution in [-0.4, -0.2) is 77.0 Å². The number of hydrogen-bond donors (Lipinski definition) is 2. The molecular formula is C20H34FIN4O3S. The maximum atomic E-state index is 13.7. The number of nitrogens with one attached hydrogen (secondary N) is 2. The number of hydrogen-bond acceptors (Lipinski definition) is 5. The van der Waals surface area contributed by atoms with E-state index in [0.717, 1.165) is 45.1 Å². The maximum Gasteiger partial charge on any atom is 0.191 e. The van der Waals surface area contributed by atoms with Crippen molar-refractivity contribution < 1.29 is 17.5 Å². The molecule has 0 amide bonds. The van der Waals surface area contributed by atoms with E-state index in [2.05, 4.69) is 20.5 Å². The molecule has 1 aromatic rings. The summed E-state index contributed by atoms with van der Waals surface area (Å²) < 4.78 is 44.0. The van der Waals surface area contributed by atoms with E-state index in [1.165, 1.54) is 18.2 Å². The van der Waals surface area contributed by atoms with Crippen molar-refractivity contribution in [3.63, 3.8) is 0 Å². The molecule has 7 nitrogen and oxygen atoms in total. The molecule has 10 heteroatoms. The predicted octanol–water partition coefficient (Wildman–Crippen LogP) is 2.27. The molecule has 2 rings (SSSR count). The maximum absolute atomic E-state index is 13.7. The minimum atomic E-state index is -3.69. The average Bonchev–Trinajstić information content (AvgIpc) is 2.68. The van der Waals surface area contributed by atoms with Crippen molar-refractivity contribution in [2.45, 2.75) is 43.7 Å². The Labute approximate surface area is 196 Å². The van der Waals surface area contributed by atoms with Crippen molar-refractivity contribution in [1.82, 2.24) is 15.5 Å². The van der Waals surface area contributed by atoms with Gasteiger partial charge in [0.15, 0.2) is 15.8 Å². The van der Waals surface area contributed by atoms with Crippen molar-refractivity contribution in [2.24, 2.45) is 4.99 Å². The molecule has 1 aromatic carbocycles. The predicted molar refractivity (Wildman–Crippen MR) is 129 cm³/mol. The number of guanidine groups is 1. The standard InChI is InChI=1S/C20H33FN4O3S.HI/c1-16(2)28-14-13-25-11-8-17(9-12-25)24-20(22-3)23-10-15-29(26,27)19-7-5-4-6-18(19)21;/h4-7,16-17H,8-15H2,1-3H3,(H2,22,23,24);1H. The lowest BCUT2D eigenvalue weighted by molar-refractivity contribution is 0.0532. The van der Waals surface area contributed by atoms with Gasteiger partial charge in [-0.2, -0.15) is 0 Å². The van der Waals surface area contributed by atoms with Crippen LogP contribution in [0.3, 0.4) is 0 Å². The zero-order valence-electron chi connectivity index (χ0n) is 17.9. The summed E-state index contributed by atoms with van der Waals surface area (Å²) in [5.41, 5.74) is 0. The third kappa shape index (κ3) is 9.03. The van der Waals surface area contributed by atoms with Crippen LogP contribution in [0.1, 0.15) is 26.7 Å². The number of sulfone groups is 1. The van der Waals surface area contributed by atoms with Crippen molar-refractivity contribution in [2.75, 3.05) is 45.6 Å². The number of benzene rings is 1. The third-order valence-electron chi connectivity index (χ3n) is 4.85. The van der Waals surface area contributed by atoms with Crippen LogP contribution in [0.4, 0.5) is 4.39 Å². The summed E-state index contributed by atoms with van der Waals surface area (Å²) >= 11 is 0. The van der Waals surface area contributed by atoms with Gasteiger partial charge in [-0.25, -0.2) is 12.8 Å². The second-order valence-electron chi connectivity index (χ2n) is 7.43. The minimum Gasteiger partial charge on any atom is -0.377 e. The topological polar surface area (TPSA) is 83.0 Å². The fourth-order valence-electron chi connectivity index (χ4n) is 3.22. The fraction of sp³-hybridized carbons (Fsp3) is 0.650. The lowest BCUT2D eigenvalue weighted by Gasteiger charge is -2.33. The Hall–Kier alpha value is -0.980. The molecular weight excluding hydrogens is 522 g/mol. The summed E-state index contributed by atoms with van der Waals surface area (Å²) in [7, 11) is -2.04. The van der Waals surface area contributed by atoms with Gasteiger partial charge in [-0.15, -0.1) is 24.0 Å². The SMILES string of the molecule is CN=C(NCCS(=O)(=O)c1ccccc1F)NC1CCN(CCOC(C)C)CC1.I. The first-order valence-corrected chi connectivity index (χ1v) is 11.8. The van der Waals surface area contributed by atoms with Crippen molar-refractivity contribution in [1.29, 1.82) is 0 Å². The molecule has 1 aliphatic rings. The molecule has 0 aliphatic carbocycles. The number of halogens is 2. The van der Waals surface area contributed by atoms with Gasteiger partial charge in [-0.3, -0.25) is 4.99 Å². The summed E-state index contributed by atoms with van der Waals surface area (Å²) in [4.78, 5) is 6.29. The van der Waals surface area contributed by atoms with Gasteiger partial charge in [0.1, 0.15) is 10.7 Å². The summed E-state index contributed by atoms with van der Waals surface area (Å²) in [5.74, 6) is -0.362. The highest BCUT2D eigenvalue weighted by molar-refractivity contribution is 14.0. The normalized spacial score (nSPS) is 16.4. The van der Waals surface area contributed by atoms with E-state index in [1.807, 2.05) is 13.8 Å². The van der Waals surface area contributed by atoms with E-state index in [4.69, 9.17) is 4.74 Å². The number of nitrogens with zero attached hydrogens (tertiary/aromatic N) is 2. The summed E-state index contributed by atoms with van der Waals surface area (Å²) in [6, 6.07) is 5.72. The van der Waals surface area contributed by atoms with Crippen LogP contribution in [0, 0.1) is 5.82 Å². The summed E-state index contributed by atoms with van der Waals surface area (Å²) in [6.45, 7) is 7.88. The molecule has 1 fully saturated rings. The largest absolute Gasteiger partial charge is 0.377 e. The number of rotatable bonds is 9. The van der Waals surface area contributed by atoms with E-state index in [0.29, 0.717) is 5.96 Å². The Morgan fingerprint density at radius 3 is 2.57 bits per heavy atom. The first kappa shape index (κ1) is 27.1. The molecule has 0 atom stereocenters. The van der Waals surface area contributed by atoms with Crippen molar-refractivity contribution >= 4 is 39.8 Å². The first-order valence-electron chi connectivity index (χ1n) is 10.1. The molecule has 0 bridgehead atoms. The summed E-state index contributed by atoms with van der Waals surface area (Å²) in [6.07, 6.45) is 2.22. The zero-order valence-corrected chi connectivity index (χ0v) is 21.1. The van der Waals surface area contributed by atoms with E-state index < -0.39 is 15.7 Å². The van der Waals surface area contributed by atoms with Crippen LogP contribution < -0.4 is 10.6 Å². The highest BCUT2D eigenvalue weighted by Gasteiger charge is 2.21. The molecule has 30 heavy (non-hydrogen) atoms. The van der Waals surface area contributed by atoms with Gasteiger partial charge >= 0.3 is 0 Å². The van der Waals surface area contributed by atoms with Gasteiger partial charge in [0, 0.05) is 39.3 Å². The first-order chi connectivity index (χ1) is 13.8. The molecule has 0 unspecified atom stereocenters. The Kier molecular flexibility index (Phi) is 12.1. The van der Waals surface area contributed by atoms with Crippen LogP contribution >= 0.6 is 24.0 Å². The lowest BCUT2D eigenvalue weighted by atomic mass is 10.1. The van der Waals surface area contributed by atoms with Crippen LogP contribution in [0.2, 0.25) is 0 Å². The molecule has 172 valence electrons. The monoisotopic (exact) mass is 556 g/mol. The van der Waals surface area contributed by atoms with Gasteiger partial charge in [0.25, 0.3) is 0 Å². The van der Waals surface area contributed by atoms with E-state index in [9.17, 15) is 12.8 Å². The minimum absolute atomic E-state index is 0. The van der Waals surface area contributed by atoms with E-state index >= 15 is 0 Å². The van der Waals surface area contributed by atoms with Gasteiger partial charge in [-0.1, -0.05) is 12.1 Å². The number of ether oxygens (including phenoxy) is 1. The fourth-order valence-corrected chi connectivity index (χ4v) is 4.46. The Balaban J connectivity index is 0.00000450.